The van der Waals surface area contributed by atoms with Crippen molar-refractivity contribution < 1.29 is 0 Å². The summed E-state index contributed by atoms with van der Waals surface area (Å²) in [5.41, 5.74) is 6.30. The lowest BCUT2D eigenvalue weighted by Gasteiger charge is -2.40. The normalized spacial score (nSPS) is 24.0. The monoisotopic (exact) mass is 343 g/mol. The second-order valence-corrected chi connectivity index (χ2v) is 8.59. The summed E-state index contributed by atoms with van der Waals surface area (Å²) in [7, 11) is 2.21. The lowest BCUT2D eigenvalue weighted by Crippen LogP contribution is -2.46. The number of thiophene rings is 1. The Morgan fingerprint density at radius 2 is 2.04 bits per heavy atom. The number of anilines is 1. The standard InChI is InChI=1S/C16H21N7S/c1-8-17-19-13-12-10-6-16(3,4)21(5)7-11(10)24-14(12)23-9(2)18-20-15(23)22(8)13/h13,19H,6-7H2,1-5H3. The van der Waals surface area contributed by atoms with Crippen LogP contribution in [0.25, 0.3) is 5.00 Å². The Balaban J connectivity index is 1.78. The Morgan fingerprint density at radius 1 is 1.25 bits per heavy atom. The predicted molar refractivity (Wildman–Crippen MR) is 94.7 cm³/mol. The van der Waals surface area contributed by atoms with Crippen LogP contribution in [0.1, 0.15) is 48.8 Å². The van der Waals surface area contributed by atoms with Crippen LogP contribution >= 0.6 is 11.3 Å². The number of nitrogens with one attached hydrogen (secondary N) is 1. The minimum absolute atomic E-state index is 0.0373. The average Bonchev–Trinajstić information content (AvgIpc) is 3.16. The van der Waals surface area contributed by atoms with Crippen LogP contribution < -0.4 is 10.3 Å². The van der Waals surface area contributed by atoms with Crippen molar-refractivity contribution in [3.63, 3.8) is 0 Å². The summed E-state index contributed by atoms with van der Waals surface area (Å²) in [4.78, 5) is 6.06. The van der Waals surface area contributed by atoms with Crippen LogP contribution in [-0.4, -0.2) is 38.1 Å². The van der Waals surface area contributed by atoms with Gasteiger partial charge in [-0.15, -0.1) is 21.5 Å². The molecule has 0 fully saturated rings. The van der Waals surface area contributed by atoms with Crippen LogP contribution in [0.4, 0.5) is 5.95 Å². The Labute approximate surface area is 145 Å². The molecule has 24 heavy (non-hydrogen) atoms. The number of hydrazone groups is 1. The first-order valence-corrected chi connectivity index (χ1v) is 9.07. The first-order valence-electron chi connectivity index (χ1n) is 8.25. The van der Waals surface area contributed by atoms with Crippen molar-refractivity contribution in [3.8, 4) is 5.00 Å². The van der Waals surface area contributed by atoms with E-state index in [0.717, 1.165) is 30.6 Å². The topological polar surface area (TPSA) is 61.6 Å². The van der Waals surface area contributed by atoms with Crippen LogP contribution in [0.3, 0.4) is 0 Å². The number of aromatic nitrogens is 3. The van der Waals surface area contributed by atoms with Crippen LogP contribution in [-0.2, 0) is 13.0 Å². The van der Waals surface area contributed by atoms with E-state index in [0.29, 0.717) is 0 Å². The van der Waals surface area contributed by atoms with E-state index in [2.05, 4.69) is 56.0 Å². The molecule has 0 spiro atoms. The van der Waals surface area contributed by atoms with Crippen LogP contribution in [0.15, 0.2) is 5.10 Å². The van der Waals surface area contributed by atoms with E-state index in [1.54, 1.807) is 0 Å². The predicted octanol–water partition coefficient (Wildman–Crippen LogP) is 2.16. The van der Waals surface area contributed by atoms with E-state index < -0.39 is 0 Å². The molecule has 0 aliphatic carbocycles. The Morgan fingerprint density at radius 3 is 2.83 bits per heavy atom. The Bertz CT molecular complexity index is 891. The lowest BCUT2D eigenvalue weighted by atomic mass is 9.86. The van der Waals surface area contributed by atoms with Crippen LogP contribution in [0.5, 0.6) is 0 Å². The fraction of sp³-hybridized carbons (Fsp3) is 0.562. The number of rotatable bonds is 0. The number of amidine groups is 1. The summed E-state index contributed by atoms with van der Waals surface area (Å²) in [6.45, 7) is 9.66. The second kappa shape index (κ2) is 4.37. The van der Waals surface area contributed by atoms with Gasteiger partial charge in [0, 0.05) is 22.5 Å². The third-order valence-corrected chi connectivity index (χ3v) is 6.81. The highest BCUT2D eigenvalue weighted by molar-refractivity contribution is 7.15. The van der Waals surface area contributed by atoms with E-state index in [-0.39, 0.29) is 11.7 Å². The second-order valence-electron chi connectivity index (χ2n) is 7.51. The van der Waals surface area contributed by atoms with Gasteiger partial charge in [-0.2, -0.15) is 5.10 Å². The van der Waals surface area contributed by atoms with Gasteiger partial charge in [0.25, 0.3) is 0 Å². The molecular formula is C16H21N7S. The molecule has 3 aliphatic rings. The SMILES string of the molecule is CC1=NNC2c3c(sc4c3CC(C)(C)N(C)C4)-n3c(C)nnc3N12. The molecule has 0 radical (unpaired) electrons. The van der Waals surface area contributed by atoms with Crippen molar-refractivity contribution in [2.45, 2.75) is 52.4 Å². The highest BCUT2D eigenvalue weighted by Gasteiger charge is 2.44. The molecule has 2 aromatic heterocycles. The molecule has 7 nitrogen and oxygen atoms in total. The van der Waals surface area contributed by atoms with Gasteiger partial charge >= 0.3 is 0 Å². The number of aryl methyl sites for hydroxylation is 1. The quantitative estimate of drug-likeness (QED) is 0.794. The van der Waals surface area contributed by atoms with E-state index in [4.69, 9.17) is 0 Å². The molecule has 8 heteroatoms. The molecule has 126 valence electrons. The van der Waals surface area contributed by atoms with Gasteiger partial charge in [-0.05, 0) is 46.7 Å². The summed E-state index contributed by atoms with van der Waals surface area (Å²) in [6.07, 6.45) is 1.09. The highest BCUT2D eigenvalue weighted by atomic mass is 32.1. The number of likely N-dealkylation sites (N-methyl/N-ethyl adjacent to an activating group) is 1. The molecule has 1 atom stereocenters. The first-order chi connectivity index (χ1) is 11.4. The van der Waals surface area contributed by atoms with Crippen molar-refractivity contribution in [3.05, 3.63) is 21.8 Å². The largest absolute Gasteiger partial charge is 0.296 e. The van der Waals surface area contributed by atoms with Crippen LogP contribution in [0.2, 0.25) is 0 Å². The molecule has 0 saturated carbocycles. The number of fused-ring (bicyclic) bond motifs is 8. The Hall–Kier alpha value is -1.93. The fourth-order valence-corrected chi connectivity index (χ4v) is 5.38. The zero-order valence-electron chi connectivity index (χ0n) is 14.6. The lowest BCUT2D eigenvalue weighted by molar-refractivity contribution is 0.134. The molecule has 3 aliphatic heterocycles. The molecule has 0 saturated heterocycles. The summed E-state index contributed by atoms with van der Waals surface area (Å²) in [5.74, 6) is 2.73. The zero-order chi connectivity index (χ0) is 16.8. The number of hydrogen-bond acceptors (Lipinski definition) is 7. The number of hydrogen-bond donors (Lipinski definition) is 1. The van der Waals surface area contributed by atoms with E-state index in [1.807, 2.05) is 25.2 Å². The number of nitrogens with zero attached hydrogens (tertiary/aromatic N) is 6. The van der Waals surface area contributed by atoms with Gasteiger partial charge < -0.3 is 0 Å². The van der Waals surface area contributed by atoms with Crippen molar-refractivity contribution >= 4 is 23.1 Å². The third-order valence-electron chi connectivity index (χ3n) is 5.59. The maximum Gasteiger partial charge on any atom is 0.240 e. The molecule has 0 amide bonds. The Kier molecular flexibility index (Phi) is 2.62. The van der Waals surface area contributed by atoms with Crippen molar-refractivity contribution in [1.82, 2.24) is 25.1 Å². The summed E-state index contributed by atoms with van der Waals surface area (Å²) in [5, 5.41) is 14.5. The van der Waals surface area contributed by atoms with Crippen LogP contribution in [0, 0.1) is 6.92 Å². The molecule has 0 aromatic carbocycles. The zero-order valence-corrected chi connectivity index (χ0v) is 15.4. The van der Waals surface area contributed by atoms with Gasteiger partial charge in [0.1, 0.15) is 16.7 Å². The molecular weight excluding hydrogens is 322 g/mol. The maximum atomic E-state index is 4.47. The first kappa shape index (κ1) is 14.4. The molecule has 1 N–H and O–H groups in total. The van der Waals surface area contributed by atoms with E-state index in [1.165, 1.54) is 21.0 Å². The van der Waals surface area contributed by atoms with E-state index >= 15 is 0 Å². The van der Waals surface area contributed by atoms with Gasteiger partial charge in [0.05, 0.1) is 0 Å². The van der Waals surface area contributed by atoms with Gasteiger partial charge in [-0.25, -0.2) is 0 Å². The molecule has 5 rings (SSSR count). The van der Waals surface area contributed by atoms with Crippen molar-refractivity contribution in [1.29, 1.82) is 0 Å². The minimum Gasteiger partial charge on any atom is -0.296 e. The summed E-state index contributed by atoms with van der Waals surface area (Å²) in [6, 6.07) is 0. The highest BCUT2D eigenvalue weighted by Crippen LogP contribution is 2.48. The van der Waals surface area contributed by atoms with E-state index in [9.17, 15) is 0 Å². The van der Waals surface area contributed by atoms with Crippen molar-refractivity contribution in [2.24, 2.45) is 5.10 Å². The van der Waals surface area contributed by atoms with Crippen molar-refractivity contribution in [2.75, 3.05) is 11.9 Å². The third kappa shape index (κ3) is 1.62. The summed E-state index contributed by atoms with van der Waals surface area (Å²) < 4.78 is 2.19. The molecule has 0 bridgehead atoms. The van der Waals surface area contributed by atoms with Gasteiger partial charge in [-0.1, -0.05) is 0 Å². The molecule has 5 heterocycles. The molecule has 2 aromatic rings. The minimum atomic E-state index is 0.0373. The smallest absolute Gasteiger partial charge is 0.240 e. The van der Waals surface area contributed by atoms with Gasteiger partial charge in [0.15, 0.2) is 6.17 Å². The maximum absolute atomic E-state index is 4.47. The molecule has 1 unspecified atom stereocenters. The summed E-state index contributed by atoms with van der Waals surface area (Å²) >= 11 is 1.88. The average molecular weight is 343 g/mol. The fourth-order valence-electron chi connectivity index (χ4n) is 3.93. The van der Waals surface area contributed by atoms with Gasteiger partial charge in [-0.3, -0.25) is 19.8 Å². The van der Waals surface area contributed by atoms with Gasteiger partial charge in [0.2, 0.25) is 5.95 Å².